The summed E-state index contributed by atoms with van der Waals surface area (Å²) in [5.74, 6) is 0. The fraction of sp³-hybridized carbons (Fsp3) is 1.00. The summed E-state index contributed by atoms with van der Waals surface area (Å²) in [5, 5.41) is 0. The molecule has 0 rings (SSSR count). The van der Waals surface area contributed by atoms with Crippen LogP contribution in [0.2, 0.25) is 0 Å². The van der Waals surface area contributed by atoms with Crippen LogP contribution in [0.25, 0.3) is 0 Å². The Labute approximate surface area is 35.2 Å². The Balaban J connectivity index is 2.30. The van der Waals surface area contributed by atoms with Crippen molar-refractivity contribution in [2.75, 3.05) is 6.54 Å². The van der Waals surface area contributed by atoms with Crippen molar-refractivity contribution >= 4 is 0 Å². The van der Waals surface area contributed by atoms with Gasteiger partial charge in [0.1, 0.15) is 0 Å². The molecule has 2 heteroatoms. The van der Waals surface area contributed by atoms with Crippen molar-refractivity contribution in [1.82, 2.24) is 0 Å². The van der Waals surface area contributed by atoms with E-state index in [2.05, 4.69) is 21.0 Å². The molecule has 0 unspecified atom stereocenters. The number of hydrogen-bond donors (Lipinski definition) is 0. The predicted molar refractivity (Wildman–Crippen MR) is 13.0 cm³/mol. The van der Waals surface area contributed by atoms with Crippen molar-refractivity contribution in [2.24, 2.45) is 3.79 Å². The van der Waals surface area contributed by atoms with Crippen LogP contribution in [-0.4, -0.2) is 6.54 Å². The van der Waals surface area contributed by atoms with E-state index in [1.165, 1.54) is 0 Å². The van der Waals surface area contributed by atoms with Gasteiger partial charge in [0.15, 0.2) is 0 Å². The van der Waals surface area contributed by atoms with Gasteiger partial charge in [-0.25, -0.2) is 0 Å². The van der Waals surface area contributed by atoms with E-state index in [0.717, 1.165) is 6.54 Å². The molecule has 0 atom stereocenters. The molecule has 0 spiro atoms. The third-order valence-electron chi connectivity index (χ3n) is 0.141. The first-order chi connectivity index (χ1) is 1.91. The first kappa shape index (κ1) is 4.38. The fourth-order valence-corrected chi connectivity index (χ4v) is 0. The van der Waals surface area contributed by atoms with Gasteiger partial charge in [-0.15, -0.1) is 0 Å². The van der Waals surface area contributed by atoms with Gasteiger partial charge in [-0.1, -0.05) is 0 Å². The molecule has 0 bridgehead atoms. The average molecular weight is 94.0 g/mol. The summed E-state index contributed by atoms with van der Waals surface area (Å²) in [6.45, 7) is 2.91. The van der Waals surface area contributed by atoms with E-state index in [1.54, 1.807) is 0 Å². The molecule has 4 heavy (non-hydrogen) atoms. The zero-order valence-corrected chi connectivity index (χ0v) is 4.00. The Bertz CT molecular complexity index is 20.0. The van der Waals surface area contributed by atoms with Crippen LogP contribution in [0.4, 0.5) is 0 Å². The summed E-state index contributed by atoms with van der Waals surface area (Å²) in [5.41, 5.74) is 0. The molecule has 0 N–H and O–H groups in total. The van der Waals surface area contributed by atoms with Gasteiger partial charge < -0.3 is 0 Å². The van der Waals surface area contributed by atoms with Crippen molar-refractivity contribution in [2.45, 2.75) is 6.92 Å². The molecule has 0 heterocycles. The maximum absolute atomic E-state index is 3.67. The molecule has 0 radical (unpaired) electrons. The number of hydrogen-bond acceptors (Lipinski definition) is 1. The number of nitrogens with zero attached hydrogens (tertiary/aromatic N) is 1. The molecule has 0 aromatic carbocycles. The summed E-state index contributed by atoms with van der Waals surface area (Å²) in [4.78, 5) is 0. The zero-order valence-electron chi connectivity index (χ0n) is 2.60. The van der Waals surface area contributed by atoms with Gasteiger partial charge in [0.2, 0.25) is 0 Å². The Hall–Kier alpha value is 0.384. The van der Waals surface area contributed by atoms with Crippen LogP contribution in [0, 0.1) is 0 Å². The molecule has 23 valence electrons. The second-order valence-corrected chi connectivity index (χ2v) is 0.899. The van der Waals surface area contributed by atoms with Crippen LogP contribution in [0.3, 0.4) is 0 Å². The molecular formula is C2H5NV. The Morgan fingerprint density at radius 2 is 2.25 bits per heavy atom. The van der Waals surface area contributed by atoms with Crippen molar-refractivity contribution in [3.63, 3.8) is 0 Å². The summed E-state index contributed by atoms with van der Waals surface area (Å²) in [6, 6.07) is 0. The van der Waals surface area contributed by atoms with E-state index in [1.807, 2.05) is 6.92 Å². The van der Waals surface area contributed by atoms with Crippen LogP contribution < -0.4 is 0 Å². The van der Waals surface area contributed by atoms with Crippen molar-refractivity contribution in [3.05, 3.63) is 0 Å². The zero-order chi connectivity index (χ0) is 3.41. The van der Waals surface area contributed by atoms with Crippen molar-refractivity contribution < 1.29 is 17.2 Å². The molecular weight excluding hydrogens is 89.0 g/mol. The summed E-state index contributed by atoms with van der Waals surface area (Å²) in [6.07, 6.45) is 0. The van der Waals surface area contributed by atoms with Gasteiger partial charge in [-0.05, 0) is 0 Å². The first-order valence-corrected chi connectivity index (χ1v) is 1.85. The van der Waals surface area contributed by atoms with Gasteiger partial charge in [0, 0.05) is 0 Å². The molecule has 0 saturated heterocycles. The van der Waals surface area contributed by atoms with Crippen molar-refractivity contribution in [1.29, 1.82) is 0 Å². The normalized spacial score (nSPS) is 6.00. The molecule has 0 aromatic rings. The molecule has 0 saturated carbocycles. The third kappa shape index (κ3) is 2.38. The number of rotatable bonds is 1. The maximum atomic E-state index is 3.67. The quantitative estimate of drug-likeness (QED) is 0.454. The van der Waals surface area contributed by atoms with Crippen LogP contribution in [-0.2, 0) is 17.2 Å². The fourth-order valence-electron chi connectivity index (χ4n) is 0. The predicted octanol–water partition coefficient (Wildman–Crippen LogP) is 0.737. The molecule has 0 amide bonds. The van der Waals surface area contributed by atoms with E-state index in [9.17, 15) is 0 Å². The van der Waals surface area contributed by atoms with Gasteiger partial charge >= 0.3 is 34.5 Å². The first-order valence-electron chi connectivity index (χ1n) is 1.22. The van der Waals surface area contributed by atoms with Crippen molar-refractivity contribution in [3.8, 4) is 0 Å². The summed E-state index contributed by atoms with van der Waals surface area (Å²) < 4.78 is 3.67. The Morgan fingerprint density at radius 3 is 2.25 bits per heavy atom. The standard InChI is InChI=1S/C2H5N.V/c1-2-3;/h2H2,1H3;. The van der Waals surface area contributed by atoms with Gasteiger partial charge in [0.05, 0.1) is 0 Å². The van der Waals surface area contributed by atoms with Crippen LogP contribution >= 0.6 is 0 Å². The molecule has 0 fully saturated rings. The van der Waals surface area contributed by atoms with Gasteiger partial charge in [0.25, 0.3) is 0 Å². The minimum atomic E-state index is 0.917. The van der Waals surface area contributed by atoms with Crippen LogP contribution in [0.1, 0.15) is 6.92 Å². The Morgan fingerprint density at radius 1 is 2.00 bits per heavy atom. The van der Waals surface area contributed by atoms with E-state index in [4.69, 9.17) is 0 Å². The van der Waals surface area contributed by atoms with Gasteiger partial charge in [-0.2, -0.15) is 0 Å². The van der Waals surface area contributed by atoms with Crippen LogP contribution in [0.15, 0.2) is 3.79 Å². The van der Waals surface area contributed by atoms with Gasteiger partial charge in [-0.3, -0.25) is 0 Å². The third-order valence-corrected chi connectivity index (χ3v) is 0.583. The van der Waals surface area contributed by atoms with E-state index < -0.39 is 0 Å². The topological polar surface area (TPSA) is 12.4 Å². The van der Waals surface area contributed by atoms with Crippen LogP contribution in [0.5, 0.6) is 0 Å². The molecule has 0 aromatic heterocycles. The van der Waals surface area contributed by atoms with E-state index in [0.29, 0.717) is 0 Å². The van der Waals surface area contributed by atoms with E-state index in [-0.39, 0.29) is 0 Å². The Kier molecular flexibility index (Phi) is 3.71. The average Bonchev–Trinajstić information content (AvgIpc) is 1.37. The molecule has 1 nitrogen and oxygen atoms in total. The summed E-state index contributed by atoms with van der Waals surface area (Å²) >= 11 is 2.16. The van der Waals surface area contributed by atoms with E-state index >= 15 is 0 Å². The minimum absolute atomic E-state index is 0.917. The molecule has 0 aliphatic rings. The summed E-state index contributed by atoms with van der Waals surface area (Å²) in [7, 11) is 0. The molecule has 0 aliphatic carbocycles. The molecule has 0 aliphatic heterocycles. The SMILES string of the molecule is CC[N]=[V]. The monoisotopic (exact) mass is 94.0 g/mol. The second kappa shape index (κ2) is 3.38. The second-order valence-electron chi connectivity index (χ2n) is 0.458.